The van der Waals surface area contributed by atoms with Crippen LogP contribution in [0.15, 0.2) is 0 Å². The first-order valence-corrected chi connectivity index (χ1v) is 4.84. The fourth-order valence-electron chi connectivity index (χ4n) is 2.14. The van der Waals surface area contributed by atoms with Gasteiger partial charge in [-0.3, -0.25) is 4.79 Å². The van der Waals surface area contributed by atoms with Crippen molar-refractivity contribution < 1.29 is 9.90 Å². The number of carbonyl (C=O) groups is 1. The van der Waals surface area contributed by atoms with Crippen LogP contribution in [0.5, 0.6) is 0 Å². The fraction of sp³-hybridized carbons (Fsp3) is 0.900. The quantitative estimate of drug-likeness (QED) is 0.691. The van der Waals surface area contributed by atoms with Gasteiger partial charge in [0.25, 0.3) is 0 Å². The molecule has 2 nitrogen and oxygen atoms in total. The Morgan fingerprint density at radius 2 is 2.17 bits per heavy atom. The predicted molar refractivity (Wildman–Crippen MR) is 47.9 cm³/mol. The summed E-state index contributed by atoms with van der Waals surface area (Å²) in [5.74, 6) is 0.374. The van der Waals surface area contributed by atoms with Crippen LogP contribution >= 0.6 is 0 Å². The molecule has 0 saturated heterocycles. The summed E-state index contributed by atoms with van der Waals surface area (Å²) in [5, 5.41) is 8.82. The molecular formula is C10H18O2. The molecule has 1 fully saturated rings. The molecule has 0 aromatic rings. The second-order valence-electron chi connectivity index (χ2n) is 4.16. The molecular weight excluding hydrogens is 152 g/mol. The Bertz CT molecular complexity index is 165. The van der Waals surface area contributed by atoms with Crippen molar-refractivity contribution in [2.75, 3.05) is 0 Å². The Kier molecular flexibility index (Phi) is 3.12. The van der Waals surface area contributed by atoms with E-state index in [0.29, 0.717) is 5.92 Å². The van der Waals surface area contributed by atoms with Gasteiger partial charge >= 0.3 is 5.97 Å². The maximum Gasteiger partial charge on any atom is 0.306 e. The van der Waals surface area contributed by atoms with E-state index in [2.05, 4.69) is 6.92 Å². The molecule has 1 aliphatic carbocycles. The zero-order valence-corrected chi connectivity index (χ0v) is 7.92. The van der Waals surface area contributed by atoms with Crippen molar-refractivity contribution in [2.45, 2.75) is 39.5 Å². The lowest BCUT2D eigenvalue weighted by atomic mass is 9.76. The van der Waals surface area contributed by atoms with E-state index in [9.17, 15) is 4.79 Å². The first-order chi connectivity index (χ1) is 5.61. The van der Waals surface area contributed by atoms with E-state index in [0.717, 1.165) is 18.8 Å². The van der Waals surface area contributed by atoms with Gasteiger partial charge in [0, 0.05) is 0 Å². The highest BCUT2D eigenvalue weighted by Gasteiger charge is 2.27. The fourth-order valence-corrected chi connectivity index (χ4v) is 2.14. The number of rotatable bonds is 2. The Morgan fingerprint density at radius 1 is 1.50 bits per heavy atom. The number of carboxylic acid groups (broad SMARTS) is 1. The van der Waals surface area contributed by atoms with Gasteiger partial charge in [-0.1, -0.05) is 26.7 Å². The molecule has 12 heavy (non-hydrogen) atoms. The average molecular weight is 170 g/mol. The average Bonchev–Trinajstić information content (AvgIpc) is 2.03. The monoisotopic (exact) mass is 170 g/mol. The van der Waals surface area contributed by atoms with Gasteiger partial charge in [0.15, 0.2) is 0 Å². The van der Waals surface area contributed by atoms with Crippen molar-refractivity contribution in [3.63, 3.8) is 0 Å². The maximum atomic E-state index is 10.7. The van der Waals surface area contributed by atoms with Gasteiger partial charge in [0.2, 0.25) is 0 Å². The molecule has 1 saturated carbocycles. The van der Waals surface area contributed by atoms with Crippen LogP contribution in [-0.2, 0) is 4.79 Å². The van der Waals surface area contributed by atoms with Gasteiger partial charge in [0.05, 0.1) is 5.92 Å². The Balaban J connectivity index is 2.45. The van der Waals surface area contributed by atoms with Crippen molar-refractivity contribution in [3.8, 4) is 0 Å². The van der Waals surface area contributed by atoms with Gasteiger partial charge in [0.1, 0.15) is 0 Å². The van der Waals surface area contributed by atoms with Crippen LogP contribution in [-0.4, -0.2) is 11.1 Å². The minimum atomic E-state index is -0.630. The molecule has 0 aliphatic heterocycles. The minimum Gasteiger partial charge on any atom is -0.481 e. The van der Waals surface area contributed by atoms with E-state index in [-0.39, 0.29) is 5.92 Å². The summed E-state index contributed by atoms with van der Waals surface area (Å²) >= 11 is 0. The summed E-state index contributed by atoms with van der Waals surface area (Å²) in [7, 11) is 0. The number of carboxylic acids is 1. The third-order valence-electron chi connectivity index (χ3n) is 3.07. The van der Waals surface area contributed by atoms with E-state index in [4.69, 9.17) is 5.11 Å². The topological polar surface area (TPSA) is 37.3 Å². The zero-order valence-electron chi connectivity index (χ0n) is 7.92. The van der Waals surface area contributed by atoms with Crippen molar-refractivity contribution in [1.29, 1.82) is 0 Å². The summed E-state index contributed by atoms with van der Waals surface area (Å²) in [6.45, 7) is 4.06. The van der Waals surface area contributed by atoms with E-state index in [1.54, 1.807) is 0 Å². The molecule has 3 atom stereocenters. The van der Waals surface area contributed by atoms with Crippen molar-refractivity contribution >= 4 is 5.97 Å². The highest BCUT2D eigenvalue weighted by molar-refractivity contribution is 5.69. The molecule has 0 amide bonds. The molecule has 0 aromatic carbocycles. The zero-order chi connectivity index (χ0) is 9.14. The standard InChI is InChI=1S/C10H18O2/c1-7-4-3-5-9(6-7)8(2)10(11)12/h7-9H,3-6H2,1-2H3,(H,11,12)/t7-,8+,9+/m1/s1. The summed E-state index contributed by atoms with van der Waals surface area (Å²) < 4.78 is 0. The predicted octanol–water partition coefficient (Wildman–Crippen LogP) is 2.53. The Labute approximate surface area is 74.0 Å². The highest BCUT2D eigenvalue weighted by atomic mass is 16.4. The van der Waals surface area contributed by atoms with Gasteiger partial charge in [-0.25, -0.2) is 0 Å². The molecule has 0 spiro atoms. The first kappa shape index (κ1) is 9.56. The number of hydrogen-bond acceptors (Lipinski definition) is 1. The summed E-state index contributed by atoms with van der Waals surface area (Å²) in [5.41, 5.74) is 0. The lowest BCUT2D eigenvalue weighted by molar-refractivity contribution is -0.143. The van der Waals surface area contributed by atoms with Gasteiger partial charge < -0.3 is 5.11 Å². The van der Waals surface area contributed by atoms with Gasteiger partial charge in [-0.05, 0) is 24.7 Å². The van der Waals surface area contributed by atoms with E-state index < -0.39 is 5.97 Å². The summed E-state index contributed by atoms with van der Waals surface area (Å²) in [6.07, 6.45) is 4.71. The highest BCUT2D eigenvalue weighted by Crippen LogP contribution is 2.33. The molecule has 1 aliphatic rings. The largest absolute Gasteiger partial charge is 0.481 e. The first-order valence-electron chi connectivity index (χ1n) is 4.84. The van der Waals surface area contributed by atoms with Crippen molar-refractivity contribution in [3.05, 3.63) is 0 Å². The van der Waals surface area contributed by atoms with Crippen LogP contribution in [0.4, 0.5) is 0 Å². The Morgan fingerprint density at radius 3 is 2.67 bits per heavy atom. The Hall–Kier alpha value is -0.530. The molecule has 0 unspecified atom stereocenters. The lowest BCUT2D eigenvalue weighted by Gasteiger charge is -2.29. The van der Waals surface area contributed by atoms with Crippen LogP contribution in [0.25, 0.3) is 0 Å². The maximum absolute atomic E-state index is 10.7. The minimum absolute atomic E-state index is 0.146. The third kappa shape index (κ3) is 2.23. The van der Waals surface area contributed by atoms with E-state index in [1.165, 1.54) is 12.8 Å². The molecule has 0 bridgehead atoms. The normalized spacial score (nSPS) is 32.8. The second-order valence-corrected chi connectivity index (χ2v) is 4.16. The molecule has 1 N–H and O–H groups in total. The summed E-state index contributed by atoms with van der Waals surface area (Å²) in [6, 6.07) is 0. The van der Waals surface area contributed by atoms with Crippen molar-refractivity contribution in [2.24, 2.45) is 17.8 Å². The van der Waals surface area contributed by atoms with Crippen LogP contribution < -0.4 is 0 Å². The lowest BCUT2D eigenvalue weighted by Crippen LogP contribution is -2.25. The second kappa shape index (κ2) is 3.92. The summed E-state index contributed by atoms with van der Waals surface area (Å²) in [4.78, 5) is 10.7. The van der Waals surface area contributed by atoms with Crippen molar-refractivity contribution in [1.82, 2.24) is 0 Å². The van der Waals surface area contributed by atoms with Gasteiger partial charge in [-0.15, -0.1) is 0 Å². The van der Waals surface area contributed by atoms with Crippen LogP contribution in [0.1, 0.15) is 39.5 Å². The SMILES string of the molecule is C[C@@H]1CCC[C@H]([C@H](C)C(=O)O)C1. The molecule has 70 valence electrons. The van der Waals surface area contributed by atoms with E-state index in [1.807, 2.05) is 6.92 Å². The van der Waals surface area contributed by atoms with Crippen LogP contribution in [0.2, 0.25) is 0 Å². The molecule has 0 heterocycles. The van der Waals surface area contributed by atoms with Gasteiger partial charge in [-0.2, -0.15) is 0 Å². The number of aliphatic carboxylic acids is 1. The van der Waals surface area contributed by atoms with Crippen LogP contribution in [0, 0.1) is 17.8 Å². The molecule has 1 rings (SSSR count). The molecule has 0 radical (unpaired) electrons. The molecule has 0 aromatic heterocycles. The van der Waals surface area contributed by atoms with E-state index >= 15 is 0 Å². The third-order valence-corrected chi connectivity index (χ3v) is 3.07. The smallest absolute Gasteiger partial charge is 0.306 e. The number of hydrogen-bond donors (Lipinski definition) is 1. The molecule has 2 heteroatoms. The van der Waals surface area contributed by atoms with Crippen LogP contribution in [0.3, 0.4) is 0 Å².